The Morgan fingerprint density at radius 1 is 1.14 bits per heavy atom. The second kappa shape index (κ2) is 11.7. The summed E-state index contributed by atoms with van der Waals surface area (Å²) < 4.78 is 17.5. The van der Waals surface area contributed by atoms with Gasteiger partial charge in [0.15, 0.2) is 0 Å². The van der Waals surface area contributed by atoms with E-state index in [4.69, 9.17) is 14.2 Å². The van der Waals surface area contributed by atoms with Crippen molar-refractivity contribution in [2.75, 3.05) is 58.9 Å². The quantitative estimate of drug-likeness (QED) is 0.687. The summed E-state index contributed by atoms with van der Waals surface area (Å²) in [6.07, 6.45) is 3.98. The van der Waals surface area contributed by atoms with Crippen LogP contribution in [0.4, 0.5) is 5.69 Å². The van der Waals surface area contributed by atoms with E-state index in [-0.39, 0.29) is 35.8 Å². The molecule has 8 nitrogen and oxygen atoms in total. The summed E-state index contributed by atoms with van der Waals surface area (Å²) in [5.74, 6) is 1.38. The maximum absolute atomic E-state index is 13.4. The van der Waals surface area contributed by atoms with Crippen LogP contribution in [0.5, 0.6) is 5.75 Å². The lowest BCUT2D eigenvalue weighted by molar-refractivity contribution is -0.122. The predicted molar refractivity (Wildman–Crippen MR) is 135 cm³/mol. The summed E-state index contributed by atoms with van der Waals surface area (Å²) in [5.41, 5.74) is 1.15. The average Bonchev–Trinajstić information content (AvgIpc) is 3.69. The van der Waals surface area contributed by atoms with Crippen molar-refractivity contribution < 1.29 is 23.8 Å². The van der Waals surface area contributed by atoms with Gasteiger partial charge in [-0.3, -0.25) is 14.5 Å². The molecule has 0 unspecified atom stereocenters. The van der Waals surface area contributed by atoms with Crippen molar-refractivity contribution in [1.29, 1.82) is 0 Å². The maximum atomic E-state index is 13.4. The van der Waals surface area contributed by atoms with Crippen molar-refractivity contribution in [3.05, 3.63) is 23.8 Å². The summed E-state index contributed by atoms with van der Waals surface area (Å²) in [7, 11) is 3.53. The number of benzene rings is 1. The molecule has 35 heavy (non-hydrogen) atoms. The molecule has 2 heterocycles. The van der Waals surface area contributed by atoms with Gasteiger partial charge in [-0.15, -0.1) is 0 Å². The molecule has 1 aromatic rings. The van der Waals surface area contributed by atoms with Gasteiger partial charge < -0.3 is 24.4 Å². The second-order valence-corrected chi connectivity index (χ2v) is 10.6. The molecular weight excluding hydrogens is 446 g/mol. The molecule has 1 saturated heterocycles. The van der Waals surface area contributed by atoms with Crippen molar-refractivity contribution in [2.24, 2.45) is 17.8 Å². The lowest BCUT2D eigenvalue weighted by atomic mass is 9.99. The highest BCUT2D eigenvalue weighted by Crippen LogP contribution is 2.32. The fourth-order valence-electron chi connectivity index (χ4n) is 5.02. The maximum Gasteiger partial charge on any atom is 0.257 e. The van der Waals surface area contributed by atoms with Crippen molar-refractivity contribution in [1.82, 2.24) is 9.80 Å². The largest absolute Gasteiger partial charge is 0.491 e. The number of hydrogen-bond acceptors (Lipinski definition) is 6. The number of carbonyl (C=O) groups excluding carboxylic acids is 2. The van der Waals surface area contributed by atoms with Gasteiger partial charge in [-0.1, -0.05) is 6.92 Å². The molecule has 1 saturated carbocycles. The zero-order valence-electron chi connectivity index (χ0n) is 21.6. The lowest BCUT2D eigenvalue weighted by Crippen LogP contribution is -2.47. The number of likely N-dealkylation sites (N-methyl/N-ethyl adjacent to an activating group) is 1. The Balaban J connectivity index is 1.57. The molecule has 1 aromatic carbocycles. The molecule has 2 amide bonds. The van der Waals surface area contributed by atoms with Crippen LogP contribution in [0.1, 0.15) is 49.9 Å². The molecule has 2 aliphatic heterocycles. The van der Waals surface area contributed by atoms with Crippen LogP contribution in [0, 0.1) is 17.8 Å². The van der Waals surface area contributed by atoms with E-state index in [1.54, 1.807) is 30.2 Å². The summed E-state index contributed by atoms with van der Waals surface area (Å²) in [6.45, 7) is 8.55. The number of amides is 2. The number of anilines is 1. The third kappa shape index (κ3) is 6.74. The zero-order chi connectivity index (χ0) is 24.9. The van der Waals surface area contributed by atoms with Gasteiger partial charge in [0, 0.05) is 70.7 Å². The second-order valence-electron chi connectivity index (χ2n) is 10.6. The number of rotatable bonds is 5. The zero-order valence-corrected chi connectivity index (χ0v) is 21.6. The van der Waals surface area contributed by atoms with E-state index in [1.807, 2.05) is 7.05 Å². The smallest absolute Gasteiger partial charge is 0.257 e. The van der Waals surface area contributed by atoms with E-state index in [0.29, 0.717) is 43.4 Å². The number of hydrogen-bond donors (Lipinski definition) is 1. The topological polar surface area (TPSA) is 80.3 Å². The number of ether oxygens (including phenoxy) is 3. The Morgan fingerprint density at radius 2 is 1.89 bits per heavy atom. The van der Waals surface area contributed by atoms with Gasteiger partial charge in [-0.2, -0.15) is 0 Å². The first-order valence-electron chi connectivity index (χ1n) is 13.0. The third-order valence-corrected chi connectivity index (χ3v) is 7.63. The fourth-order valence-corrected chi connectivity index (χ4v) is 5.02. The van der Waals surface area contributed by atoms with Crippen LogP contribution in [0.25, 0.3) is 0 Å². The highest BCUT2D eigenvalue weighted by molar-refractivity contribution is 5.98. The van der Waals surface area contributed by atoms with Crippen LogP contribution in [0.2, 0.25) is 0 Å². The molecular formula is C27H41N3O5. The van der Waals surface area contributed by atoms with Crippen molar-refractivity contribution >= 4 is 17.5 Å². The summed E-state index contributed by atoms with van der Waals surface area (Å²) in [6, 6.07) is 5.53. The number of nitrogens with one attached hydrogen (secondary N) is 1. The molecule has 194 valence electrons. The minimum absolute atomic E-state index is 0.00857. The Labute approximate surface area is 209 Å². The van der Waals surface area contributed by atoms with Crippen LogP contribution in [-0.4, -0.2) is 87.4 Å². The van der Waals surface area contributed by atoms with Crippen LogP contribution in [0.15, 0.2) is 18.2 Å². The summed E-state index contributed by atoms with van der Waals surface area (Å²) in [5, 5.41) is 3.02. The van der Waals surface area contributed by atoms with E-state index in [0.717, 1.165) is 31.8 Å². The average molecular weight is 488 g/mol. The first-order chi connectivity index (χ1) is 16.9. The lowest BCUT2D eigenvalue weighted by Gasteiger charge is -2.36. The van der Waals surface area contributed by atoms with Gasteiger partial charge in [0.05, 0.1) is 11.7 Å². The minimum Gasteiger partial charge on any atom is -0.491 e. The number of nitrogens with zero attached hydrogens (tertiary/aromatic N) is 2. The molecule has 0 bridgehead atoms. The molecule has 4 rings (SSSR count). The minimum atomic E-state index is -0.111. The molecule has 0 radical (unpaired) electrons. The van der Waals surface area contributed by atoms with Crippen LogP contribution >= 0.6 is 0 Å². The molecule has 0 aromatic heterocycles. The summed E-state index contributed by atoms with van der Waals surface area (Å²) in [4.78, 5) is 30.4. The Morgan fingerprint density at radius 3 is 2.57 bits per heavy atom. The van der Waals surface area contributed by atoms with E-state index in [9.17, 15) is 9.59 Å². The van der Waals surface area contributed by atoms with Gasteiger partial charge in [-0.25, -0.2) is 0 Å². The fraction of sp³-hybridized carbons (Fsp3) is 0.704. The van der Waals surface area contributed by atoms with Crippen molar-refractivity contribution in [3.63, 3.8) is 0 Å². The van der Waals surface area contributed by atoms with Crippen molar-refractivity contribution in [3.8, 4) is 5.75 Å². The molecule has 3 aliphatic rings. The van der Waals surface area contributed by atoms with E-state index in [2.05, 4.69) is 24.1 Å². The molecule has 8 heteroatoms. The number of fused-ring (bicyclic) bond motifs is 1. The SMILES string of the molecule is CO[C@@H]1CN(C)C(=O)c2ccc(NC(=O)C3CCOCC3)cc2OC[C@H](C)N(CC2CC2)C[C@@H]1C. The number of methoxy groups -OCH3 is 1. The van der Waals surface area contributed by atoms with Gasteiger partial charge in [0.2, 0.25) is 5.91 Å². The first-order valence-corrected chi connectivity index (χ1v) is 13.0. The van der Waals surface area contributed by atoms with E-state index >= 15 is 0 Å². The first kappa shape index (κ1) is 25.9. The van der Waals surface area contributed by atoms with Gasteiger partial charge in [0.25, 0.3) is 5.91 Å². The Hall–Kier alpha value is -2.16. The third-order valence-electron chi connectivity index (χ3n) is 7.63. The highest BCUT2D eigenvalue weighted by Gasteiger charge is 2.32. The summed E-state index contributed by atoms with van der Waals surface area (Å²) >= 11 is 0. The monoisotopic (exact) mass is 487 g/mol. The normalized spacial score (nSPS) is 27.4. The standard InChI is InChI=1S/C27H41N3O5/c1-18-14-30(15-20-5-6-20)19(2)17-35-24-13-22(28-26(31)21-9-11-34-12-10-21)7-8-23(24)27(32)29(3)16-25(18)33-4/h7-8,13,18-21,25H,5-6,9-12,14-17H2,1-4H3,(H,28,31)/t18-,19-,25+/m0/s1. The van der Waals surface area contributed by atoms with E-state index in [1.165, 1.54) is 12.8 Å². The van der Waals surface area contributed by atoms with E-state index < -0.39 is 0 Å². The van der Waals surface area contributed by atoms with Crippen LogP contribution in [-0.2, 0) is 14.3 Å². The molecule has 1 N–H and O–H groups in total. The molecule has 3 atom stereocenters. The predicted octanol–water partition coefficient (Wildman–Crippen LogP) is 3.27. The Bertz CT molecular complexity index is 884. The highest BCUT2D eigenvalue weighted by atomic mass is 16.5. The van der Waals surface area contributed by atoms with Crippen molar-refractivity contribution in [2.45, 2.75) is 51.7 Å². The molecule has 2 fully saturated rings. The van der Waals surface area contributed by atoms with Gasteiger partial charge >= 0.3 is 0 Å². The van der Waals surface area contributed by atoms with Gasteiger partial charge in [-0.05, 0) is 56.6 Å². The Kier molecular flexibility index (Phi) is 8.68. The molecule has 0 spiro atoms. The van der Waals surface area contributed by atoms with Gasteiger partial charge in [0.1, 0.15) is 12.4 Å². The van der Waals surface area contributed by atoms with Crippen LogP contribution < -0.4 is 10.1 Å². The number of carbonyl (C=O) groups is 2. The molecule has 1 aliphatic carbocycles. The van der Waals surface area contributed by atoms with Crippen LogP contribution in [0.3, 0.4) is 0 Å².